The molecule has 0 fully saturated rings. The van der Waals surface area contributed by atoms with E-state index in [0.717, 1.165) is 28.1 Å². The molecule has 9 heteroatoms. The third-order valence-electron chi connectivity index (χ3n) is 3.57. The molecule has 0 aliphatic rings. The molecule has 0 unspecified atom stereocenters. The molecule has 0 aliphatic heterocycles. The van der Waals surface area contributed by atoms with Crippen LogP contribution in [-0.4, -0.2) is 25.5 Å². The van der Waals surface area contributed by atoms with Crippen molar-refractivity contribution in [2.75, 3.05) is 5.32 Å². The minimum absolute atomic E-state index is 0.325. The van der Waals surface area contributed by atoms with Gasteiger partial charge in [-0.3, -0.25) is 14.2 Å². The molecule has 3 rings (SSSR count). The first-order valence-corrected chi connectivity index (χ1v) is 7.79. The van der Waals surface area contributed by atoms with Gasteiger partial charge in [-0.15, -0.1) is 0 Å². The molecule has 0 bridgehead atoms. The zero-order valence-electron chi connectivity index (χ0n) is 13.9. The zero-order chi connectivity index (χ0) is 18.7. The number of rotatable bonds is 5. The molecule has 0 aliphatic carbocycles. The lowest BCUT2D eigenvalue weighted by atomic mass is 10.1. The summed E-state index contributed by atoms with van der Waals surface area (Å²) in [6.07, 6.45) is -1.71. The Morgan fingerprint density at radius 2 is 1.88 bits per heavy atom. The highest BCUT2D eigenvalue weighted by molar-refractivity contribution is 5.89. The summed E-state index contributed by atoms with van der Waals surface area (Å²) >= 11 is 0. The maximum Gasteiger partial charge on any atom is 0.435 e. The highest BCUT2D eigenvalue weighted by Crippen LogP contribution is 2.27. The lowest BCUT2D eigenvalue weighted by Crippen LogP contribution is -2.20. The minimum Gasteiger partial charge on any atom is -0.308 e. The number of benzene rings is 1. The number of carbonyl (C=O) groups excluding carboxylic acids is 1. The van der Waals surface area contributed by atoms with Crippen molar-refractivity contribution in [1.29, 1.82) is 0 Å². The molecule has 2 heterocycles. The third-order valence-corrected chi connectivity index (χ3v) is 3.57. The summed E-state index contributed by atoms with van der Waals surface area (Å²) < 4.78 is 40.1. The quantitative estimate of drug-likeness (QED) is 0.758. The SMILES string of the molecule is Cc1cccc(Cn2ccc(NC(=O)Cn3ccc(C(F)(F)F)n3)n2)c1. The van der Waals surface area contributed by atoms with Crippen molar-refractivity contribution in [2.45, 2.75) is 26.2 Å². The van der Waals surface area contributed by atoms with Gasteiger partial charge in [-0.2, -0.15) is 23.4 Å². The number of aromatic nitrogens is 4. The summed E-state index contributed by atoms with van der Waals surface area (Å²) in [5, 5.41) is 10.1. The standard InChI is InChI=1S/C17H16F3N5O/c1-12-3-2-4-13(9-12)10-24-8-6-15(23-24)21-16(26)11-25-7-5-14(22-25)17(18,19)20/h2-9H,10-11H2,1H3,(H,21,23,26). The van der Waals surface area contributed by atoms with Crippen LogP contribution in [0.4, 0.5) is 19.0 Å². The molecule has 136 valence electrons. The lowest BCUT2D eigenvalue weighted by Gasteiger charge is -2.04. The van der Waals surface area contributed by atoms with Crippen molar-refractivity contribution >= 4 is 11.7 Å². The van der Waals surface area contributed by atoms with E-state index in [4.69, 9.17) is 0 Å². The Bertz CT molecular complexity index is 913. The van der Waals surface area contributed by atoms with E-state index in [1.54, 1.807) is 16.9 Å². The molecule has 6 nitrogen and oxygen atoms in total. The van der Waals surface area contributed by atoms with Crippen LogP contribution in [0.2, 0.25) is 0 Å². The van der Waals surface area contributed by atoms with Crippen molar-refractivity contribution in [3.63, 3.8) is 0 Å². The van der Waals surface area contributed by atoms with E-state index in [-0.39, 0.29) is 6.54 Å². The number of nitrogens with zero attached hydrogens (tertiary/aromatic N) is 4. The van der Waals surface area contributed by atoms with Gasteiger partial charge in [0.1, 0.15) is 6.54 Å². The largest absolute Gasteiger partial charge is 0.435 e. The topological polar surface area (TPSA) is 64.7 Å². The second-order valence-corrected chi connectivity index (χ2v) is 5.83. The van der Waals surface area contributed by atoms with Crippen LogP contribution in [0.1, 0.15) is 16.8 Å². The van der Waals surface area contributed by atoms with Gasteiger partial charge >= 0.3 is 6.18 Å². The number of halogens is 3. The Balaban J connectivity index is 1.58. The second-order valence-electron chi connectivity index (χ2n) is 5.83. The van der Waals surface area contributed by atoms with E-state index < -0.39 is 17.8 Å². The summed E-state index contributed by atoms with van der Waals surface area (Å²) in [5.74, 6) is -0.187. The molecule has 0 spiro atoms. The van der Waals surface area contributed by atoms with Crippen molar-refractivity contribution in [3.8, 4) is 0 Å². The monoisotopic (exact) mass is 363 g/mol. The van der Waals surface area contributed by atoms with Crippen molar-refractivity contribution in [3.05, 3.63) is 65.6 Å². The van der Waals surface area contributed by atoms with Gasteiger partial charge in [-0.25, -0.2) is 0 Å². The predicted octanol–water partition coefficient (Wildman–Crippen LogP) is 3.09. The van der Waals surface area contributed by atoms with Crippen molar-refractivity contribution in [1.82, 2.24) is 19.6 Å². The van der Waals surface area contributed by atoms with E-state index in [1.807, 2.05) is 31.2 Å². The summed E-state index contributed by atoms with van der Waals surface area (Å²) in [7, 11) is 0. The number of aryl methyl sites for hydroxylation is 1. The molecule has 0 saturated heterocycles. The number of amides is 1. The zero-order valence-corrected chi connectivity index (χ0v) is 13.9. The van der Waals surface area contributed by atoms with Crippen LogP contribution in [0.5, 0.6) is 0 Å². The third kappa shape index (κ3) is 4.50. The molecule has 0 atom stereocenters. The Kier molecular flexibility index (Phi) is 4.79. The maximum atomic E-state index is 12.5. The van der Waals surface area contributed by atoms with Gasteiger partial charge in [-0.05, 0) is 18.6 Å². The normalized spacial score (nSPS) is 11.5. The van der Waals surface area contributed by atoms with E-state index in [0.29, 0.717) is 12.4 Å². The number of anilines is 1. The summed E-state index contributed by atoms with van der Waals surface area (Å²) in [6, 6.07) is 10.4. The van der Waals surface area contributed by atoms with Crippen LogP contribution in [0.15, 0.2) is 48.8 Å². The fourth-order valence-electron chi connectivity index (χ4n) is 2.44. The number of nitrogens with one attached hydrogen (secondary N) is 1. The first-order valence-electron chi connectivity index (χ1n) is 7.79. The van der Waals surface area contributed by atoms with E-state index in [9.17, 15) is 18.0 Å². The van der Waals surface area contributed by atoms with Gasteiger partial charge in [0.15, 0.2) is 11.5 Å². The fourth-order valence-corrected chi connectivity index (χ4v) is 2.44. The van der Waals surface area contributed by atoms with Gasteiger partial charge in [0, 0.05) is 18.5 Å². The minimum atomic E-state index is -4.53. The van der Waals surface area contributed by atoms with Gasteiger partial charge in [0.25, 0.3) is 0 Å². The number of alkyl halides is 3. The second kappa shape index (κ2) is 7.03. The Morgan fingerprint density at radius 3 is 2.58 bits per heavy atom. The van der Waals surface area contributed by atoms with Gasteiger partial charge < -0.3 is 5.32 Å². The molecule has 1 amide bonds. The van der Waals surface area contributed by atoms with Crippen LogP contribution < -0.4 is 5.32 Å². The van der Waals surface area contributed by atoms with E-state index in [2.05, 4.69) is 15.5 Å². The molecular formula is C17H16F3N5O. The smallest absolute Gasteiger partial charge is 0.308 e. The Morgan fingerprint density at radius 1 is 1.12 bits per heavy atom. The molecule has 2 aromatic heterocycles. The van der Waals surface area contributed by atoms with Gasteiger partial charge in [-0.1, -0.05) is 29.8 Å². The van der Waals surface area contributed by atoms with Gasteiger partial charge in [0.2, 0.25) is 5.91 Å². The van der Waals surface area contributed by atoms with Crippen LogP contribution >= 0.6 is 0 Å². The summed E-state index contributed by atoms with van der Waals surface area (Å²) in [4.78, 5) is 12.0. The first-order chi connectivity index (χ1) is 12.3. The molecule has 26 heavy (non-hydrogen) atoms. The summed E-state index contributed by atoms with van der Waals surface area (Å²) in [5.41, 5.74) is 1.18. The predicted molar refractivity (Wildman–Crippen MR) is 88.4 cm³/mol. The maximum absolute atomic E-state index is 12.5. The average Bonchev–Trinajstić information content (AvgIpc) is 3.16. The van der Waals surface area contributed by atoms with Crippen LogP contribution in [0, 0.1) is 6.92 Å². The molecular weight excluding hydrogens is 347 g/mol. The highest BCUT2D eigenvalue weighted by Gasteiger charge is 2.33. The van der Waals surface area contributed by atoms with Crippen LogP contribution in [0.3, 0.4) is 0 Å². The number of carbonyl (C=O) groups is 1. The lowest BCUT2D eigenvalue weighted by molar-refractivity contribution is -0.141. The molecule has 1 aromatic carbocycles. The molecule has 3 aromatic rings. The average molecular weight is 363 g/mol. The Labute approximate surface area is 147 Å². The number of hydrogen-bond donors (Lipinski definition) is 1. The van der Waals surface area contributed by atoms with Crippen molar-refractivity contribution < 1.29 is 18.0 Å². The van der Waals surface area contributed by atoms with Crippen LogP contribution in [0.25, 0.3) is 0 Å². The Hall–Kier alpha value is -3.10. The first kappa shape index (κ1) is 17.7. The van der Waals surface area contributed by atoms with Crippen LogP contribution in [-0.2, 0) is 24.1 Å². The summed E-state index contributed by atoms with van der Waals surface area (Å²) in [6.45, 7) is 2.21. The van der Waals surface area contributed by atoms with Gasteiger partial charge in [0.05, 0.1) is 6.54 Å². The fraction of sp³-hybridized carbons (Fsp3) is 0.235. The molecule has 1 N–H and O–H groups in total. The van der Waals surface area contributed by atoms with E-state index in [1.165, 1.54) is 0 Å². The van der Waals surface area contributed by atoms with E-state index >= 15 is 0 Å². The van der Waals surface area contributed by atoms with Crippen molar-refractivity contribution in [2.24, 2.45) is 0 Å². The highest BCUT2D eigenvalue weighted by atomic mass is 19.4. The molecule has 0 radical (unpaired) electrons. The molecule has 0 saturated carbocycles. The number of hydrogen-bond acceptors (Lipinski definition) is 3.